The van der Waals surface area contributed by atoms with Gasteiger partial charge in [-0.3, -0.25) is 0 Å². The number of nitrogens with one attached hydrogen (secondary N) is 2. The molecule has 2 heterocycles. The van der Waals surface area contributed by atoms with E-state index in [1.165, 1.54) is 0 Å². The fraction of sp³-hybridized carbons (Fsp3) is 0.444. The Bertz CT molecular complexity index is 474. The molecule has 0 amide bonds. The summed E-state index contributed by atoms with van der Waals surface area (Å²) >= 11 is 0. The molecule has 1 fully saturated rings. The van der Waals surface area contributed by atoms with Gasteiger partial charge in [-0.2, -0.15) is 0 Å². The highest BCUT2D eigenvalue weighted by molar-refractivity contribution is 7.91. The smallest absolute Gasteiger partial charge is 0.152 e. The number of nitrogens with two attached hydrogens (primary N) is 1. The summed E-state index contributed by atoms with van der Waals surface area (Å²) in [6, 6.07) is 3.51. The minimum absolute atomic E-state index is 0.0157. The Morgan fingerprint density at radius 2 is 2.31 bits per heavy atom. The van der Waals surface area contributed by atoms with Gasteiger partial charge < -0.3 is 10.7 Å². The van der Waals surface area contributed by atoms with Crippen molar-refractivity contribution in [3.05, 3.63) is 18.3 Å². The number of sulfone groups is 1. The van der Waals surface area contributed by atoms with Crippen LogP contribution >= 0.6 is 0 Å². The largest absolute Gasteiger partial charge is 0.381 e. The lowest BCUT2D eigenvalue weighted by molar-refractivity contribution is 0.602. The van der Waals surface area contributed by atoms with E-state index in [0.717, 1.165) is 5.69 Å². The van der Waals surface area contributed by atoms with Crippen LogP contribution in [0.3, 0.4) is 0 Å². The van der Waals surface area contributed by atoms with Crippen molar-refractivity contribution in [2.24, 2.45) is 5.84 Å². The molecule has 0 radical (unpaired) electrons. The molecule has 7 heteroatoms. The van der Waals surface area contributed by atoms with E-state index in [1.54, 1.807) is 18.3 Å². The predicted molar refractivity (Wildman–Crippen MR) is 62.7 cm³/mol. The summed E-state index contributed by atoms with van der Waals surface area (Å²) in [4.78, 5) is 3.97. The Morgan fingerprint density at radius 3 is 2.94 bits per heavy atom. The number of nitrogens with zero attached hydrogens (tertiary/aromatic N) is 1. The summed E-state index contributed by atoms with van der Waals surface area (Å²) in [5.74, 6) is 6.24. The van der Waals surface area contributed by atoms with Gasteiger partial charge in [0.15, 0.2) is 9.84 Å². The molecule has 2 rings (SSSR count). The molecule has 1 aliphatic rings. The average Bonchev–Trinajstić information content (AvgIpc) is 2.58. The zero-order valence-electron chi connectivity index (χ0n) is 8.68. The third-order valence-electron chi connectivity index (χ3n) is 2.51. The van der Waals surface area contributed by atoms with Crippen LogP contribution in [0.2, 0.25) is 0 Å². The van der Waals surface area contributed by atoms with E-state index in [9.17, 15) is 8.42 Å². The first-order valence-corrected chi connectivity index (χ1v) is 6.81. The van der Waals surface area contributed by atoms with Gasteiger partial charge in [-0.25, -0.2) is 19.2 Å². The van der Waals surface area contributed by atoms with E-state index in [2.05, 4.69) is 15.7 Å². The van der Waals surface area contributed by atoms with Crippen molar-refractivity contribution in [1.82, 2.24) is 4.98 Å². The minimum Gasteiger partial charge on any atom is -0.381 e. The summed E-state index contributed by atoms with van der Waals surface area (Å²) < 4.78 is 22.5. The molecule has 4 N–H and O–H groups in total. The molecule has 1 aromatic heterocycles. The first-order chi connectivity index (χ1) is 7.59. The first-order valence-electron chi connectivity index (χ1n) is 4.99. The number of hydrazine groups is 1. The van der Waals surface area contributed by atoms with Gasteiger partial charge in [0.1, 0.15) is 5.82 Å². The summed E-state index contributed by atoms with van der Waals surface area (Å²) in [6.45, 7) is 0. The van der Waals surface area contributed by atoms with Gasteiger partial charge in [-0.05, 0) is 12.5 Å². The van der Waals surface area contributed by atoms with Crippen LogP contribution in [0.5, 0.6) is 0 Å². The number of hydrogen-bond donors (Lipinski definition) is 3. The van der Waals surface area contributed by atoms with Gasteiger partial charge in [0.25, 0.3) is 0 Å². The zero-order valence-corrected chi connectivity index (χ0v) is 9.50. The van der Waals surface area contributed by atoms with Crippen molar-refractivity contribution in [3.63, 3.8) is 0 Å². The van der Waals surface area contributed by atoms with Crippen molar-refractivity contribution in [3.8, 4) is 0 Å². The predicted octanol–water partition coefficient (Wildman–Crippen LogP) is -0.0338. The van der Waals surface area contributed by atoms with E-state index < -0.39 is 9.84 Å². The molecule has 0 bridgehead atoms. The first kappa shape index (κ1) is 11.2. The molecule has 0 saturated carbocycles. The summed E-state index contributed by atoms with van der Waals surface area (Å²) in [7, 11) is -2.85. The Balaban J connectivity index is 2.04. The van der Waals surface area contributed by atoms with Crippen molar-refractivity contribution < 1.29 is 8.42 Å². The number of aromatic nitrogens is 1. The highest BCUT2D eigenvalue weighted by Gasteiger charge is 2.27. The van der Waals surface area contributed by atoms with E-state index in [-0.39, 0.29) is 17.5 Å². The molecular formula is C9H14N4O2S. The fourth-order valence-corrected chi connectivity index (χ4v) is 3.42. The third kappa shape index (κ3) is 2.61. The summed E-state index contributed by atoms with van der Waals surface area (Å²) in [5.41, 5.74) is 3.26. The lowest BCUT2D eigenvalue weighted by Crippen LogP contribution is -2.20. The number of pyridine rings is 1. The van der Waals surface area contributed by atoms with Gasteiger partial charge in [-0.1, -0.05) is 0 Å². The van der Waals surface area contributed by atoms with Gasteiger partial charge in [0.05, 0.1) is 11.5 Å². The molecule has 0 spiro atoms. The monoisotopic (exact) mass is 242 g/mol. The van der Waals surface area contributed by atoms with E-state index in [0.29, 0.717) is 12.2 Å². The van der Waals surface area contributed by atoms with Gasteiger partial charge in [-0.15, -0.1) is 0 Å². The maximum atomic E-state index is 11.3. The second kappa shape index (κ2) is 4.26. The third-order valence-corrected chi connectivity index (χ3v) is 4.28. The maximum Gasteiger partial charge on any atom is 0.152 e. The molecule has 88 valence electrons. The van der Waals surface area contributed by atoms with Gasteiger partial charge in [0.2, 0.25) is 0 Å². The highest BCUT2D eigenvalue weighted by Crippen LogP contribution is 2.18. The molecule has 1 unspecified atom stereocenters. The SMILES string of the molecule is NNc1cc(NC2CCS(=O)(=O)C2)ccn1. The van der Waals surface area contributed by atoms with Gasteiger partial charge in [0, 0.05) is 24.0 Å². The Labute approximate surface area is 94.1 Å². The van der Waals surface area contributed by atoms with Crippen LogP contribution in [0.1, 0.15) is 6.42 Å². The topological polar surface area (TPSA) is 97.1 Å². The highest BCUT2D eigenvalue weighted by atomic mass is 32.2. The number of rotatable bonds is 3. The molecule has 6 nitrogen and oxygen atoms in total. The summed E-state index contributed by atoms with van der Waals surface area (Å²) in [5, 5.41) is 3.16. The molecule has 1 saturated heterocycles. The average molecular weight is 242 g/mol. The van der Waals surface area contributed by atoms with Crippen LogP contribution in [-0.2, 0) is 9.84 Å². The van der Waals surface area contributed by atoms with Crippen molar-refractivity contribution in [2.45, 2.75) is 12.5 Å². The van der Waals surface area contributed by atoms with Crippen LogP contribution in [0.4, 0.5) is 11.5 Å². The van der Waals surface area contributed by atoms with E-state index >= 15 is 0 Å². The van der Waals surface area contributed by atoms with Crippen molar-refractivity contribution in [2.75, 3.05) is 22.2 Å². The van der Waals surface area contributed by atoms with E-state index in [4.69, 9.17) is 5.84 Å². The molecule has 0 aromatic carbocycles. The summed E-state index contributed by atoms with van der Waals surface area (Å²) in [6.07, 6.45) is 2.26. The minimum atomic E-state index is -2.85. The molecule has 1 aliphatic heterocycles. The van der Waals surface area contributed by atoms with Crippen molar-refractivity contribution in [1.29, 1.82) is 0 Å². The van der Waals surface area contributed by atoms with Crippen molar-refractivity contribution >= 4 is 21.3 Å². The van der Waals surface area contributed by atoms with Crippen LogP contribution in [0.25, 0.3) is 0 Å². The second-order valence-corrected chi connectivity index (χ2v) is 6.05. The standard InChI is InChI=1S/C9H14N4O2S/c10-13-9-5-7(1-3-11-9)12-8-2-4-16(14,15)6-8/h1,3,5,8H,2,4,6,10H2,(H2,11,12,13). The van der Waals surface area contributed by atoms with Crippen LogP contribution in [-0.4, -0.2) is 30.9 Å². The van der Waals surface area contributed by atoms with Crippen LogP contribution < -0.4 is 16.6 Å². The lowest BCUT2D eigenvalue weighted by Gasteiger charge is -2.12. The number of anilines is 2. The normalized spacial score (nSPS) is 22.9. The van der Waals surface area contributed by atoms with Crippen LogP contribution in [0.15, 0.2) is 18.3 Å². The second-order valence-electron chi connectivity index (χ2n) is 3.82. The van der Waals surface area contributed by atoms with E-state index in [1.807, 2.05) is 0 Å². The molecule has 1 aromatic rings. The Hall–Kier alpha value is -1.34. The maximum absolute atomic E-state index is 11.3. The Kier molecular flexibility index (Phi) is 2.97. The molecular weight excluding hydrogens is 228 g/mol. The quantitative estimate of drug-likeness (QED) is 0.508. The van der Waals surface area contributed by atoms with Gasteiger partial charge >= 0.3 is 0 Å². The Morgan fingerprint density at radius 1 is 1.50 bits per heavy atom. The molecule has 1 atom stereocenters. The van der Waals surface area contributed by atoms with Crippen LogP contribution in [0, 0.1) is 0 Å². The molecule has 0 aliphatic carbocycles. The lowest BCUT2D eigenvalue weighted by atomic mass is 10.2. The fourth-order valence-electron chi connectivity index (χ4n) is 1.74. The number of hydrogen-bond acceptors (Lipinski definition) is 6. The number of nitrogen functional groups attached to an aromatic ring is 1. The zero-order chi connectivity index (χ0) is 11.6. The molecule has 16 heavy (non-hydrogen) atoms.